The van der Waals surface area contributed by atoms with E-state index in [9.17, 15) is 18.0 Å². The summed E-state index contributed by atoms with van der Waals surface area (Å²) in [5.74, 6) is 0.270. The topological polar surface area (TPSA) is 39.2 Å². The van der Waals surface area contributed by atoms with Gasteiger partial charge in [-0.05, 0) is 41.0 Å². The van der Waals surface area contributed by atoms with Crippen LogP contribution in [-0.4, -0.2) is 18.4 Å². The van der Waals surface area contributed by atoms with Crippen LogP contribution < -0.4 is 4.74 Å². The Bertz CT molecular complexity index is 1060. The lowest BCUT2D eigenvalue weighted by atomic mass is 9.98. The zero-order valence-electron chi connectivity index (χ0n) is 15.2. The van der Waals surface area contributed by atoms with Gasteiger partial charge in [0.2, 0.25) is 0 Å². The van der Waals surface area contributed by atoms with E-state index in [0.29, 0.717) is 17.4 Å². The molecule has 0 radical (unpaired) electrons. The first-order valence-electron chi connectivity index (χ1n) is 8.47. The van der Waals surface area contributed by atoms with Crippen LogP contribution in [0.3, 0.4) is 0 Å². The zero-order chi connectivity index (χ0) is 21.0. The number of aromatic nitrogens is 1. The molecule has 2 aromatic carbocycles. The lowest BCUT2D eigenvalue weighted by Crippen LogP contribution is -2.11. The molecule has 3 nitrogen and oxygen atoms in total. The number of carbonyl (C=O) groups is 1. The quantitative estimate of drug-likeness (QED) is 0.450. The summed E-state index contributed by atoms with van der Waals surface area (Å²) < 4.78 is 46.7. The molecular formula is C22H15ClF3NO2. The van der Waals surface area contributed by atoms with Crippen molar-refractivity contribution in [3.8, 4) is 16.9 Å². The Hall–Kier alpha value is -3.12. The summed E-state index contributed by atoms with van der Waals surface area (Å²) >= 11 is 6.15. The number of halogens is 4. The standard InChI is InChI=1S/C22H15ClF3NO2/c1-29-20-12-15(18(23)11-16(20)13-28)7-8-19-21(22(24,25)26)17(9-10-27-19)14-5-3-2-4-6-14/h2-13H,1H3/b8-7+. The molecule has 0 bridgehead atoms. The van der Waals surface area contributed by atoms with E-state index >= 15 is 0 Å². The fraction of sp³-hybridized carbons (Fsp3) is 0.0909. The van der Waals surface area contributed by atoms with Gasteiger partial charge in [0.05, 0.1) is 23.9 Å². The summed E-state index contributed by atoms with van der Waals surface area (Å²) in [7, 11) is 1.39. The van der Waals surface area contributed by atoms with Gasteiger partial charge in [0, 0.05) is 11.2 Å². The molecule has 0 amide bonds. The molecule has 29 heavy (non-hydrogen) atoms. The number of ether oxygens (including phenoxy) is 1. The molecule has 0 aliphatic carbocycles. The van der Waals surface area contributed by atoms with Crippen molar-refractivity contribution in [3.63, 3.8) is 0 Å². The Kier molecular flexibility index (Phi) is 6.03. The van der Waals surface area contributed by atoms with E-state index in [1.165, 1.54) is 43.7 Å². The highest BCUT2D eigenvalue weighted by molar-refractivity contribution is 6.32. The molecule has 0 saturated carbocycles. The van der Waals surface area contributed by atoms with E-state index in [-0.39, 0.29) is 27.6 Å². The van der Waals surface area contributed by atoms with Crippen LogP contribution in [-0.2, 0) is 6.18 Å². The first kappa shape index (κ1) is 20.6. The number of alkyl halides is 3. The van der Waals surface area contributed by atoms with Crippen molar-refractivity contribution in [3.05, 3.63) is 82.1 Å². The molecule has 148 valence electrons. The summed E-state index contributed by atoms with van der Waals surface area (Å²) in [6, 6.07) is 12.5. The van der Waals surface area contributed by atoms with Crippen molar-refractivity contribution in [2.45, 2.75) is 6.18 Å². The number of nitrogens with zero attached hydrogens (tertiary/aromatic N) is 1. The third-order valence-corrected chi connectivity index (χ3v) is 4.57. The van der Waals surface area contributed by atoms with Gasteiger partial charge in [0.15, 0.2) is 6.29 Å². The van der Waals surface area contributed by atoms with E-state index in [1.807, 2.05) is 0 Å². The van der Waals surface area contributed by atoms with Gasteiger partial charge in [-0.15, -0.1) is 0 Å². The first-order chi connectivity index (χ1) is 13.8. The number of aldehydes is 1. The molecule has 3 aromatic rings. The molecule has 0 aliphatic rings. The first-order valence-corrected chi connectivity index (χ1v) is 8.85. The van der Waals surface area contributed by atoms with Crippen molar-refractivity contribution in [1.82, 2.24) is 4.98 Å². The highest BCUT2D eigenvalue weighted by atomic mass is 35.5. The lowest BCUT2D eigenvalue weighted by Gasteiger charge is -2.15. The zero-order valence-corrected chi connectivity index (χ0v) is 16.0. The van der Waals surface area contributed by atoms with Crippen molar-refractivity contribution >= 4 is 30.0 Å². The molecule has 0 aliphatic heterocycles. The van der Waals surface area contributed by atoms with E-state index in [2.05, 4.69) is 4.98 Å². The highest BCUT2D eigenvalue weighted by Gasteiger charge is 2.36. The molecule has 0 unspecified atom stereocenters. The Morgan fingerprint density at radius 1 is 1.03 bits per heavy atom. The number of hydrogen-bond acceptors (Lipinski definition) is 3. The predicted octanol–water partition coefficient (Wildman–Crippen LogP) is 6.41. The van der Waals surface area contributed by atoms with Gasteiger partial charge < -0.3 is 4.74 Å². The minimum absolute atomic E-state index is 0.0349. The fourth-order valence-corrected chi connectivity index (χ4v) is 3.15. The lowest BCUT2D eigenvalue weighted by molar-refractivity contribution is -0.137. The molecule has 0 atom stereocenters. The van der Waals surface area contributed by atoms with Crippen LogP contribution in [0.2, 0.25) is 5.02 Å². The van der Waals surface area contributed by atoms with E-state index < -0.39 is 11.7 Å². The normalized spacial score (nSPS) is 11.6. The summed E-state index contributed by atoms with van der Waals surface area (Å²) in [5.41, 5.74) is 0.0343. The monoisotopic (exact) mass is 417 g/mol. The van der Waals surface area contributed by atoms with Crippen molar-refractivity contribution in [2.75, 3.05) is 7.11 Å². The second-order valence-corrected chi connectivity index (χ2v) is 6.46. The third kappa shape index (κ3) is 4.49. The molecule has 3 rings (SSSR count). The summed E-state index contributed by atoms with van der Waals surface area (Å²) in [5, 5.41) is 0.205. The van der Waals surface area contributed by atoms with Crippen LogP contribution in [0, 0.1) is 0 Å². The highest BCUT2D eigenvalue weighted by Crippen LogP contribution is 2.39. The van der Waals surface area contributed by atoms with Crippen molar-refractivity contribution in [1.29, 1.82) is 0 Å². The van der Waals surface area contributed by atoms with Gasteiger partial charge in [0.1, 0.15) is 5.75 Å². The summed E-state index contributed by atoms with van der Waals surface area (Å²) in [6.07, 6.45) is -0.0377. The second kappa shape index (κ2) is 8.49. The van der Waals surface area contributed by atoms with Gasteiger partial charge in [-0.25, -0.2) is 0 Å². The predicted molar refractivity (Wildman–Crippen MR) is 107 cm³/mol. The van der Waals surface area contributed by atoms with Crippen molar-refractivity contribution in [2.24, 2.45) is 0 Å². The SMILES string of the molecule is COc1cc(/C=C/c2nccc(-c3ccccc3)c2C(F)(F)F)c(Cl)cc1C=O. The van der Waals surface area contributed by atoms with Crippen LogP contribution in [0.25, 0.3) is 23.3 Å². The Labute approximate surface area is 170 Å². The van der Waals surface area contributed by atoms with Gasteiger partial charge in [0.25, 0.3) is 0 Å². The van der Waals surface area contributed by atoms with Gasteiger partial charge in [-0.3, -0.25) is 9.78 Å². The number of methoxy groups -OCH3 is 1. The van der Waals surface area contributed by atoms with Gasteiger partial charge in [-0.2, -0.15) is 13.2 Å². The Balaban J connectivity index is 2.12. The smallest absolute Gasteiger partial charge is 0.419 e. The number of carbonyl (C=O) groups excluding carboxylic acids is 1. The molecular weight excluding hydrogens is 403 g/mol. The fourth-order valence-electron chi connectivity index (χ4n) is 2.91. The van der Waals surface area contributed by atoms with Crippen LogP contribution in [0.15, 0.2) is 54.7 Å². The average Bonchev–Trinajstić information content (AvgIpc) is 2.72. The minimum atomic E-state index is -4.61. The van der Waals surface area contributed by atoms with E-state index in [1.54, 1.807) is 30.3 Å². The number of pyridine rings is 1. The maximum absolute atomic E-state index is 13.9. The van der Waals surface area contributed by atoms with Crippen LogP contribution in [0.1, 0.15) is 27.2 Å². The van der Waals surface area contributed by atoms with E-state index in [4.69, 9.17) is 16.3 Å². The molecule has 0 fully saturated rings. The largest absolute Gasteiger partial charge is 0.496 e. The Morgan fingerprint density at radius 2 is 1.76 bits per heavy atom. The van der Waals surface area contributed by atoms with Crippen LogP contribution >= 0.6 is 11.6 Å². The van der Waals surface area contributed by atoms with Crippen LogP contribution in [0.4, 0.5) is 13.2 Å². The molecule has 7 heteroatoms. The molecule has 0 spiro atoms. The van der Waals surface area contributed by atoms with Crippen LogP contribution in [0.5, 0.6) is 5.75 Å². The molecule has 1 heterocycles. The second-order valence-electron chi connectivity index (χ2n) is 6.05. The summed E-state index contributed by atoms with van der Waals surface area (Å²) in [6.45, 7) is 0. The minimum Gasteiger partial charge on any atom is -0.496 e. The van der Waals surface area contributed by atoms with E-state index in [0.717, 1.165) is 0 Å². The molecule has 1 aromatic heterocycles. The maximum Gasteiger partial charge on any atom is 0.419 e. The number of hydrogen-bond donors (Lipinski definition) is 0. The number of rotatable bonds is 5. The van der Waals surface area contributed by atoms with Gasteiger partial charge in [-0.1, -0.05) is 48.0 Å². The third-order valence-electron chi connectivity index (χ3n) is 4.25. The number of benzene rings is 2. The maximum atomic E-state index is 13.9. The Morgan fingerprint density at radius 3 is 2.38 bits per heavy atom. The molecule has 0 N–H and O–H groups in total. The average molecular weight is 418 g/mol. The van der Waals surface area contributed by atoms with Gasteiger partial charge >= 0.3 is 6.18 Å². The van der Waals surface area contributed by atoms with Crippen molar-refractivity contribution < 1.29 is 22.7 Å². The summed E-state index contributed by atoms with van der Waals surface area (Å²) in [4.78, 5) is 15.0. The molecule has 0 saturated heterocycles.